The minimum Gasteiger partial charge on any atom is -0.349 e. The number of carbonyl (C=O) groups excluding carboxylic acids is 1. The molecule has 3 nitrogen and oxygen atoms in total. The monoisotopic (exact) mass is 442 g/mol. The van der Waals surface area contributed by atoms with Crippen LogP contribution in [0.15, 0.2) is 0 Å². The van der Waals surface area contributed by atoms with Crippen molar-refractivity contribution in [3.8, 4) is 0 Å². The first kappa shape index (κ1) is 22.1. The summed E-state index contributed by atoms with van der Waals surface area (Å²) in [7, 11) is 0. The van der Waals surface area contributed by atoms with Gasteiger partial charge < -0.3 is 9.47 Å². The van der Waals surface area contributed by atoms with Crippen molar-refractivity contribution >= 4 is 5.78 Å². The molecule has 32 heavy (non-hydrogen) atoms. The average molecular weight is 443 g/mol. The molecule has 0 aromatic carbocycles. The van der Waals surface area contributed by atoms with Crippen LogP contribution in [0.5, 0.6) is 0 Å². The summed E-state index contributed by atoms with van der Waals surface area (Å²) in [4.78, 5) is 13.4. The molecule has 180 valence electrons. The first-order valence-corrected chi connectivity index (χ1v) is 14.0. The second-order valence-corrected chi connectivity index (χ2v) is 13.8. The van der Waals surface area contributed by atoms with E-state index in [4.69, 9.17) is 9.47 Å². The van der Waals surface area contributed by atoms with Crippen molar-refractivity contribution < 1.29 is 14.3 Å². The summed E-state index contributed by atoms with van der Waals surface area (Å²) in [5.74, 6) is 3.89. The molecule has 0 N–H and O–H groups in total. The highest BCUT2D eigenvalue weighted by Gasteiger charge is 2.75. The average Bonchev–Trinajstić information content (AvgIpc) is 3.19. The van der Waals surface area contributed by atoms with E-state index in [0.717, 1.165) is 49.5 Å². The Balaban J connectivity index is 1.35. The van der Waals surface area contributed by atoms with Gasteiger partial charge in [-0.1, -0.05) is 33.6 Å². The quantitative estimate of drug-likeness (QED) is 0.449. The van der Waals surface area contributed by atoms with Crippen LogP contribution in [0.4, 0.5) is 0 Å². The van der Waals surface area contributed by atoms with Crippen molar-refractivity contribution in [3.05, 3.63) is 0 Å². The first-order chi connectivity index (χ1) is 15.2. The SMILES string of the molecule is CC(=O)C1(C)C2C(CC3C4CCC5CCCCC5(C)C4CCC32C)OC12CCC(C)CO2. The number of ether oxygens (including phenoxy) is 2. The first-order valence-electron chi connectivity index (χ1n) is 14.0. The zero-order chi connectivity index (χ0) is 22.5. The Bertz CT molecular complexity index is 783. The molecular formula is C29H46O3. The highest BCUT2D eigenvalue weighted by atomic mass is 16.7. The van der Waals surface area contributed by atoms with Crippen molar-refractivity contribution in [3.63, 3.8) is 0 Å². The van der Waals surface area contributed by atoms with E-state index in [2.05, 4.69) is 27.7 Å². The number of fused-ring (bicyclic) bond motifs is 7. The summed E-state index contributed by atoms with van der Waals surface area (Å²) in [6, 6.07) is 0. The van der Waals surface area contributed by atoms with Crippen LogP contribution in [0, 0.1) is 51.8 Å². The molecule has 11 atom stereocenters. The van der Waals surface area contributed by atoms with E-state index in [1.54, 1.807) is 0 Å². The van der Waals surface area contributed by atoms with E-state index in [0.29, 0.717) is 23.0 Å². The van der Waals surface area contributed by atoms with Gasteiger partial charge in [0.25, 0.3) is 0 Å². The predicted octanol–water partition coefficient (Wildman–Crippen LogP) is 6.78. The summed E-state index contributed by atoms with van der Waals surface area (Å²) < 4.78 is 13.5. The van der Waals surface area contributed by atoms with E-state index in [9.17, 15) is 4.79 Å². The molecule has 0 aromatic rings. The Morgan fingerprint density at radius 1 is 0.875 bits per heavy atom. The Kier molecular flexibility index (Phi) is 4.87. The maximum Gasteiger partial charge on any atom is 0.181 e. The summed E-state index contributed by atoms with van der Waals surface area (Å²) >= 11 is 0. The van der Waals surface area contributed by atoms with Gasteiger partial charge in [0.05, 0.1) is 18.1 Å². The number of hydrogen-bond donors (Lipinski definition) is 0. The Labute approximate surface area is 195 Å². The number of rotatable bonds is 1. The normalized spacial score (nSPS) is 59.2. The van der Waals surface area contributed by atoms with Gasteiger partial charge in [-0.15, -0.1) is 0 Å². The Morgan fingerprint density at radius 2 is 1.69 bits per heavy atom. The lowest BCUT2D eigenvalue weighted by atomic mass is 9.43. The highest BCUT2D eigenvalue weighted by Crippen LogP contribution is 2.74. The van der Waals surface area contributed by atoms with Gasteiger partial charge in [-0.05, 0) is 106 Å². The molecule has 6 rings (SSSR count). The lowest BCUT2D eigenvalue weighted by Gasteiger charge is -2.61. The second kappa shape index (κ2) is 7.06. The number of carbonyl (C=O) groups is 1. The van der Waals surface area contributed by atoms with Crippen LogP contribution in [-0.4, -0.2) is 24.3 Å². The summed E-state index contributed by atoms with van der Waals surface area (Å²) in [5, 5.41) is 0. The number of Topliss-reactive ketones (excluding diaryl/α,β-unsaturated/α-hetero) is 1. The third kappa shape index (κ3) is 2.59. The van der Waals surface area contributed by atoms with Crippen LogP contribution in [0.1, 0.15) is 105 Å². The molecular weight excluding hydrogens is 396 g/mol. The fourth-order valence-corrected chi connectivity index (χ4v) is 10.9. The van der Waals surface area contributed by atoms with Crippen LogP contribution < -0.4 is 0 Å². The zero-order valence-corrected chi connectivity index (χ0v) is 21.3. The molecule has 2 aliphatic heterocycles. The smallest absolute Gasteiger partial charge is 0.181 e. The highest BCUT2D eigenvalue weighted by molar-refractivity contribution is 5.84. The molecule has 4 aliphatic carbocycles. The standard InChI is InChI=1S/C29H46O3/c1-18-11-15-29(31-17-18)28(5,19(2)30)25-24(32-29)16-23-21-10-9-20-8-6-7-13-26(20,3)22(21)12-14-27(23,25)4/h18,20-25H,6-17H2,1-5H3. The van der Waals surface area contributed by atoms with Gasteiger partial charge in [0.15, 0.2) is 5.79 Å². The summed E-state index contributed by atoms with van der Waals surface area (Å²) in [5.41, 5.74) is 0.259. The van der Waals surface area contributed by atoms with Crippen LogP contribution >= 0.6 is 0 Å². The fourth-order valence-electron chi connectivity index (χ4n) is 10.9. The summed E-state index contributed by atoms with van der Waals surface area (Å²) in [6.45, 7) is 12.3. The van der Waals surface area contributed by atoms with Crippen molar-refractivity contribution in [1.29, 1.82) is 0 Å². The van der Waals surface area contributed by atoms with Crippen molar-refractivity contribution in [2.24, 2.45) is 51.8 Å². The van der Waals surface area contributed by atoms with Gasteiger partial charge in [0.2, 0.25) is 0 Å². The Hall–Kier alpha value is -0.410. The molecule has 3 heteroatoms. The van der Waals surface area contributed by atoms with E-state index in [1.807, 2.05) is 6.92 Å². The van der Waals surface area contributed by atoms with Gasteiger partial charge >= 0.3 is 0 Å². The minimum atomic E-state index is -0.682. The third-order valence-electron chi connectivity index (χ3n) is 12.6. The summed E-state index contributed by atoms with van der Waals surface area (Å²) in [6.07, 6.45) is 14.7. The third-order valence-corrected chi connectivity index (χ3v) is 12.6. The predicted molar refractivity (Wildman–Crippen MR) is 126 cm³/mol. The Morgan fingerprint density at radius 3 is 2.41 bits per heavy atom. The zero-order valence-electron chi connectivity index (χ0n) is 21.3. The van der Waals surface area contributed by atoms with E-state index < -0.39 is 11.2 Å². The number of ketones is 1. The van der Waals surface area contributed by atoms with E-state index in [1.165, 1.54) is 51.4 Å². The molecule has 0 aromatic heterocycles. The molecule has 0 amide bonds. The van der Waals surface area contributed by atoms with Gasteiger partial charge in [-0.2, -0.15) is 0 Å². The van der Waals surface area contributed by atoms with Crippen LogP contribution in [0.3, 0.4) is 0 Å². The lowest BCUT2D eigenvalue weighted by molar-refractivity contribution is -0.291. The van der Waals surface area contributed by atoms with Gasteiger partial charge in [0.1, 0.15) is 5.78 Å². The molecule has 2 saturated heterocycles. The van der Waals surface area contributed by atoms with Crippen molar-refractivity contribution in [2.75, 3.05) is 6.61 Å². The topological polar surface area (TPSA) is 35.5 Å². The molecule has 6 fully saturated rings. The van der Waals surface area contributed by atoms with Gasteiger partial charge in [-0.25, -0.2) is 0 Å². The van der Waals surface area contributed by atoms with E-state index >= 15 is 0 Å². The van der Waals surface area contributed by atoms with Crippen LogP contribution in [0.2, 0.25) is 0 Å². The van der Waals surface area contributed by atoms with Crippen molar-refractivity contribution in [1.82, 2.24) is 0 Å². The molecule has 0 bridgehead atoms. The molecule has 4 saturated carbocycles. The second-order valence-electron chi connectivity index (χ2n) is 13.8. The van der Waals surface area contributed by atoms with Gasteiger partial charge in [-0.3, -0.25) is 4.79 Å². The lowest BCUT2D eigenvalue weighted by Crippen LogP contribution is -2.59. The van der Waals surface area contributed by atoms with Crippen LogP contribution in [0.25, 0.3) is 0 Å². The largest absolute Gasteiger partial charge is 0.349 e. The minimum absolute atomic E-state index is 0.197. The maximum atomic E-state index is 13.4. The molecule has 1 spiro atoms. The molecule has 0 radical (unpaired) electrons. The molecule has 11 unspecified atom stereocenters. The number of hydrogen-bond acceptors (Lipinski definition) is 3. The van der Waals surface area contributed by atoms with Crippen LogP contribution in [-0.2, 0) is 14.3 Å². The molecule has 2 heterocycles. The van der Waals surface area contributed by atoms with E-state index in [-0.39, 0.29) is 11.5 Å². The van der Waals surface area contributed by atoms with Crippen molar-refractivity contribution in [2.45, 2.75) is 117 Å². The van der Waals surface area contributed by atoms with Gasteiger partial charge in [0, 0.05) is 12.3 Å². The maximum absolute atomic E-state index is 13.4. The molecule has 6 aliphatic rings. The fraction of sp³-hybridized carbons (Fsp3) is 0.966.